The number of hydrogen-bond donors (Lipinski definition) is 2. The second-order valence-electron chi connectivity index (χ2n) is 4.78. The Morgan fingerprint density at radius 1 is 1.40 bits per heavy atom. The molecular formula is C14H13N7O3S. The number of nitrogens with one attached hydrogen (secondary N) is 1. The lowest BCUT2D eigenvalue weighted by Gasteiger charge is -2.05. The van der Waals surface area contributed by atoms with E-state index in [4.69, 9.17) is 9.94 Å². The van der Waals surface area contributed by atoms with Gasteiger partial charge in [0.15, 0.2) is 17.5 Å². The Balaban J connectivity index is 1.77. The Labute approximate surface area is 145 Å². The molecule has 0 unspecified atom stereocenters. The summed E-state index contributed by atoms with van der Waals surface area (Å²) in [4.78, 5) is 20.1. The summed E-state index contributed by atoms with van der Waals surface area (Å²) in [6, 6.07) is 9.38. The first-order chi connectivity index (χ1) is 12.1. The number of carboxylic acid groups (broad SMARTS) is 1. The molecule has 0 aliphatic carbocycles. The van der Waals surface area contributed by atoms with E-state index in [-0.39, 0.29) is 11.7 Å². The van der Waals surface area contributed by atoms with Crippen molar-refractivity contribution in [1.82, 2.24) is 25.2 Å². The van der Waals surface area contributed by atoms with Crippen molar-refractivity contribution in [3.05, 3.63) is 52.8 Å². The summed E-state index contributed by atoms with van der Waals surface area (Å²) in [5.41, 5.74) is 1.83. The number of thiazole rings is 1. The third kappa shape index (κ3) is 4.14. The Hall–Kier alpha value is -3.34. The molecule has 0 radical (unpaired) electrons. The van der Waals surface area contributed by atoms with Crippen LogP contribution in [-0.2, 0) is 18.5 Å². The molecule has 128 valence electrons. The van der Waals surface area contributed by atoms with E-state index < -0.39 is 6.09 Å². The number of oxime groups is 1. The van der Waals surface area contributed by atoms with Gasteiger partial charge in [-0.15, -0.1) is 16.4 Å². The highest BCUT2D eigenvalue weighted by molar-refractivity contribution is 7.13. The van der Waals surface area contributed by atoms with Crippen LogP contribution in [-0.4, -0.2) is 42.1 Å². The van der Waals surface area contributed by atoms with Gasteiger partial charge in [0, 0.05) is 18.0 Å². The Bertz CT molecular complexity index is 891. The van der Waals surface area contributed by atoms with Crippen LogP contribution >= 0.6 is 11.3 Å². The number of aromatic nitrogens is 5. The normalized spacial score (nSPS) is 11.3. The van der Waals surface area contributed by atoms with Crippen LogP contribution in [0.15, 0.2) is 40.9 Å². The van der Waals surface area contributed by atoms with Crippen molar-refractivity contribution in [3.63, 3.8) is 0 Å². The molecule has 0 aliphatic rings. The molecule has 3 rings (SSSR count). The maximum atomic E-state index is 10.6. The number of benzene rings is 1. The fraction of sp³-hybridized carbons (Fsp3) is 0.143. The lowest BCUT2D eigenvalue weighted by Crippen LogP contribution is -2.12. The highest BCUT2D eigenvalue weighted by Crippen LogP contribution is 2.16. The van der Waals surface area contributed by atoms with E-state index in [1.807, 2.05) is 30.3 Å². The SMILES string of the molecule is Cn1nnnc1/C(=N\OCc1csc(NC(=O)O)n1)c1ccccc1. The minimum absolute atomic E-state index is 0.0828. The van der Waals surface area contributed by atoms with Gasteiger partial charge in [-0.3, -0.25) is 5.32 Å². The summed E-state index contributed by atoms with van der Waals surface area (Å²) in [6.07, 6.45) is -1.17. The van der Waals surface area contributed by atoms with Crippen molar-refractivity contribution >= 4 is 28.3 Å². The molecule has 0 atom stereocenters. The van der Waals surface area contributed by atoms with Crippen LogP contribution in [0, 0.1) is 0 Å². The fourth-order valence-corrected chi connectivity index (χ4v) is 2.62. The zero-order chi connectivity index (χ0) is 17.6. The van der Waals surface area contributed by atoms with Gasteiger partial charge in [0.05, 0.1) is 5.69 Å². The van der Waals surface area contributed by atoms with Gasteiger partial charge in [0.1, 0.15) is 0 Å². The Morgan fingerprint density at radius 3 is 2.88 bits per heavy atom. The minimum Gasteiger partial charge on any atom is -0.465 e. The van der Waals surface area contributed by atoms with Gasteiger partial charge in [-0.1, -0.05) is 35.5 Å². The lowest BCUT2D eigenvalue weighted by molar-refractivity contribution is 0.128. The first-order valence-corrected chi connectivity index (χ1v) is 7.94. The average Bonchev–Trinajstić information content (AvgIpc) is 3.21. The van der Waals surface area contributed by atoms with E-state index in [1.165, 1.54) is 16.0 Å². The third-order valence-electron chi connectivity index (χ3n) is 3.01. The van der Waals surface area contributed by atoms with E-state index >= 15 is 0 Å². The zero-order valence-electron chi connectivity index (χ0n) is 13.0. The predicted octanol–water partition coefficient (Wildman–Crippen LogP) is 1.73. The second kappa shape index (κ2) is 7.49. The van der Waals surface area contributed by atoms with Crippen LogP contribution in [0.25, 0.3) is 0 Å². The highest BCUT2D eigenvalue weighted by Gasteiger charge is 2.15. The zero-order valence-corrected chi connectivity index (χ0v) is 13.8. The molecule has 0 spiro atoms. The predicted molar refractivity (Wildman–Crippen MR) is 89.4 cm³/mol. The molecule has 0 saturated carbocycles. The Morgan fingerprint density at radius 2 is 2.20 bits per heavy atom. The van der Waals surface area contributed by atoms with Crippen LogP contribution < -0.4 is 5.32 Å². The Kier molecular flexibility index (Phi) is 4.95. The van der Waals surface area contributed by atoms with Crippen LogP contribution in [0.3, 0.4) is 0 Å². The molecule has 0 bridgehead atoms. The monoisotopic (exact) mass is 359 g/mol. The summed E-state index contributed by atoms with van der Waals surface area (Å²) < 4.78 is 1.49. The van der Waals surface area contributed by atoms with Gasteiger partial charge in [-0.25, -0.2) is 14.5 Å². The summed E-state index contributed by atoms with van der Waals surface area (Å²) in [6.45, 7) is 0.0828. The molecule has 0 aliphatic heterocycles. The number of carbonyl (C=O) groups is 1. The molecule has 2 N–H and O–H groups in total. The largest absolute Gasteiger partial charge is 0.465 e. The van der Waals surface area contributed by atoms with Crippen LogP contribution in [0.5, 0.6) is 0 Å². The maximum Gasteiger partial charge on any atom is 0.410 e. The highest BCUT2D eigenvalue weighted by atomic mass is 32.1. The summed E-state index contributed by atoms with van der Waals surface area (Å²) >= 11 is 1.17. The fourth-order valence-electron chi connectivity index (χ4n) is 1.93. The summed E-state index contributed by atoms with van der Waals surface area (Å²) in [5.74, 6) is 0.456. The molecule has 10 nitrogen and oxygen atoms in total. The molecule has 11 heteroatoms. The first kappa shape index (κ1) is 16.5. The van der Waals surface area contributed by atoms with Gasteiger partial charge in [-0.2, -0.15) is 0 Å². The van der Waals surface area contributed by atoms with Crippen molar-refractivity contribution in [2.45, 2.75) is 6.61 Å². The number of tetrazole rings is 1. The molecule has 1 aromatic carbocycles. The number of rotatable bonds is 6. The van der Waals surface area contributed by atoms with Crippen molar-refractivity contribution in [2.75, 3.05) is 5.32 Å². The molecule has 1 amide bonds. The van der Waals surface area contributed by atoms with Gasteiger partial charge < -0.3 is 9.94 Å². The standard InChI is InChI=1S/C14H13N7O3S/c1-21-12(17-19-20-21)11(9-5-3-2-4-6-9)18-24-7-10-8-25-13(15-10)16-14(22)23/h2-6,8H,7H2,1H3,(H,15,16)(H,22,23)/b18-11-. The average molecular weight is 359 g/mol. The smallest absolute Gasteiger partial charge is 0.410 e. The maximum absolute atomic E-state index is 10.6. The third-order valence-corrected chi connectivity index (χ3v) is 3.82. The number of aryl methyl sites for hydroxylation is 1. The van der Waals surface area contributed by atoms with Crippen molar-refractivity contribution in [3.8, 4) is 0 Å². The molecule has 3 aromatic rings. The molecule has 2 heterocycles. The van der Waals surface area contributed by atoms with Gasteiger partial charge >= 0.3 is 6.09 Å². The van der Waals surface area contributed by atoms with E-state index in [0.29, 0.717) is 17.2 Å². The molecule has 0 fully saturated rings. The van der Waals surface area contributed by atoms with Crippen LogP contribution in [0.1, 0.15) is 17.1 Å². The van der Waals surface area contributed by atoms with Crippen molar-refractivity contribution in [2.24, 2.45) is 12.2 Å². The van der Waals surface area contributed by atoms with Crippen LogP contribution in [0.4, 0.5) is 9.93 Å². The summed E-state index contributed by atoms with van der Waals surface area (Å²) in [5, 5.41) is 28.3. The van der Waals surface area contributed by atoms with Gasteiger partial charge in [0.25, 0.3) is 0 Å². The summed E-state index contributed by atoms with van der Waals surface area (Å²) in [7, 11) is 1.71. The van der Waals surface area contributed by atoms with Crippen LogP contribution in [0.2, 0.25) is 0 Å². The molecular weight excluding hydrogens is 346 g/mol. The number of amides is 1. The topological polar surface area (TPSA) is 127 Å². The lowest BCUT2D eigenvalue weighted by atomic mass is 10.1. The van der Waals surface area contributed by atoms with Crippen molar-refractivity contribution in [1.29, 1.82) is 0 Å². The molecule has 0 saturated heterocycles. The van der Waals surface area contributed by atoms with Gasteiger partial charge in [0.2, 0.25) is 5.82 Å². The molecule has 25 heavy (non-hydrogen) atoms. The van der Waals surface area contributed by atoms with E-state index in [0.717, 1.165) is 5.56 Å². The first-order valence-electron chi connectivity index (χ1n) is 7.06. The van der Waals surface area contributed by atoms with Crippen molar-refractivity contribution < 1.29 is 14.7 Å². The number of hydrogen-bond acceptors (Lipinski definition) is 8. The quantitative estimate of drug-likeness (QED) is 0.506. The van der Waals surface area contributed by atoms with E-state index in [1.54, 1.807) is 12.4 Å². The van der Waals surface area contributed by atoms with E-state index in [2.05, 4.69) is 31.0 Å². The number of anilines is 1. The van der Waals surface area contributed by atoms with Gasteiger partial charge in [-0.05, 0) is 10.4 Å². The molecule has 2 aromatic heterocycles. The minimum atomic E-state index is -1.17. The number of nitrogens with zero attached hydrogens (tertiary/aromatic N) is 6. The second-order valence-corrected chi connectivity index (χ2v) is 5.64. The van der Waals surface area contributed by atoms with E-state index in [9.17, 15) is 4.79 Å².